The fraction of sp³-hybridized carbons (Fsp3) is 0.0769. The third kappa shape index (κ3) is 5.99. The lowest BCUT2D eigenvalue weighted by atomic mass is 10.0. The van der Waals surface area contributed by atoms with Crippen LogP contribution in [0.25, 0.3) is 17.2 Å². The lowest BCUT2D eigenvalue weighted by Crippen LogP contribution is -2.19. The smallest absolute Gasteiger partial charge is 0.307 e. The fourth-order valence-electron chi connectivity index (χ4n) is 3.33. The van der Waals surface area contributed by atoms with Crippen LogP contribution in [-0.2, 0) is 20.8 Å². The third-order valence-electron chi connectivity index (χ3n) is 4.92. The van der Waals surface area contributed by atoms with Crippen LogP contribution in [0, 0.1) is 0 Å². The lowest BCUT2D eigenvalue weighted by Gasteiger charge is -2.05. The van der Waals surface area contributed by atoms with Crippen molar-refractivity contribution in [1.29, 1.82) is 0 Å². The number of aliphatic imine (C=N–C) groups is 1. The first-order valence-electron chi connectivity index (χ1n) is 10.4. The highest BCUT2D eigenvalue weighted by Gasteiger charge is 2.23. The van der Waals surface area contributed by atoms with Gasteiger partial charge in [0.1, 0.15) is 0 Å². The van der Waals surface area contributed by atoms with Gasteiger partial charge in [-0.3, -0.25) is 14.4 Å². The van der Waals surface area contributed by atoms with Crippen molar-refractivity contribution in [3.8, 4) is 11.1 Å². The Bertz CT molecular complexity index is 1300. The predicted molar refractivity (Wildman–Crippen MR) is 135 cm³/mol. The Morgan fingerprint density at radius 1 is 0.971 bits per heavy atom. The highest BCUT2D eigenvalue weighted by atomic mass is 32.2. The van der Waals surface area contributed by atoms with Crippen LogP contribution in [0.1, 0.15) is 18.1 Å². The van der Waals surface area contributed by atoms with E-state index in [-0.39, 0.29) is 18.2 Å². The summed E-state index contributed by atoms with van der Waals surface area (Å²) in [5, 5.41) is 14.8. The standard InChI is InChI=1S/C26H21N3O4S/c1-16(30)27-21-12-8-20(9-13-21)19-6-2-17(3-7-19)14-23-25(33)29-26(34-23)28-22-10-4-18(5-11-22)15-24(31)32/h2-14H,15H2,1H3,(H,27,30)(H,31,32)(H,28,29,33). The Labute approximate surface area is 200 Å². The van der Waals surface area contributed by atoms with Crippen LogP contribution in [0.4, 0.5) is 11.4 Å². The van der Waals surface area contributed by atoms with Crippen molar-refractivity contribution in [2.24, 2.45) is 4.99 Å². The van der Waals surface area contributed by atoms with Crippen molar-refractivity contribution >= 4 is 52.2 Å². The number of carboxylic acids is 1. The Morgan fingerprint density at radius 3 is 2.18 bits per heavy atom. The average molecular weight is 472 g/mol. The molecular weight excluding hydrogens is 450 g/mol. The first-order valence-corrected chi connectivity index (χ1v) is 11.3. The van der Waals surface area contributed by atoms with Gasteiger partial charge in [0.05, 0.1) is 17.0 Å². The summed E-state index contributed by atoms with van der Waals surface area (Å²) in [4.78, 5) is 39.3. The molecule has 0 aromatic heterocycles. The van der Waals surface area contributed by atoms with Gasteiger partial charge < -0.3 is 15.7 Å². The van der Waals surface area contributed by atoms with Crippen molar-refractivity contribution in [1.82, 2.24) is 5.32 Å². The van der Waals surface area contributed by atoms with E-state index in [2.05, 4.69) is 15.6 Å². The molecule has 0 saturated carbocycles. The number of amides is 2. The number of aliphatic carboxylic acids is 1. The number of hydrogen-bond donors (Lipinski definition) is 3. The molecule has 1 fully saturated rings. The van der Waals surface area contributed by atoms with E-state index in [1.54, 1.807) is 24.3 Å². The molecule has 0 radical (unpaired) electrons. The van der Waals surface area contributed by atoms with Gasteiger partial charge in [0, 0.05) is 12.6 Å². The summed E-state index contributed by atoms with van der Waals surface area (Å²) in [7, 11) is 0. The molecule has 1 aliphatic rings. The van der Waals surface area contributed by atoms with Crippen LogP contribution < -0.4 is 10.6 Å². The molecule has 3 N–H and O–H groups in total. The van der Waals surface area contributed by atoms with Gasteiger partial charge in [0.15, 0.2) is 5.17 Å². The topological polar surface area (TPSA) is 108 Å². The number of carbonyl (C=O) groups is 3. The minimum absolute atomic E-state index is 0.0452. The van der Waals surface area contributed by atoms with Crippen molar-refractivity contribution < 1.29 is 19.5 Å². The maximum Gasteiger partial charge on any atom is 0.307 e. The minimum Gasteiger partial charge on any atom is -0.481 e. The molecule has 170 valence electrons. The van der Waals surface area contributed by atoms with Gasteiger partial charge >= 0.3 is 5.97 Å². The molecule has 0 bridgehead atoms. The number of benzene rings is 3. The van der Waals surface area contributed by atoms with Crippen LogP contribution in [0.15, 0.2) is 82.7 Å². The number of amidine groups is 1. The number of carboxylic acid groups (broad SMARTS) is 1. The molecule has 0 atom stereocenters. The first-order chi connectivity index (χ1) is 16.4. The van der Waals surface area contributed by atoms with E-state index in [0.717, 1.165) is 22.4 Å². The zero-order valence-electron chi connectivity index (χ0n) is 18.2. The van der Waals surface area contributed by atoms with Crippen LogP contribution in [0.3, 0.4) is 0 Å². The summed E-state index contributed by atoms with van der Waals surface area (Å²) in [5.74, 6) is -1.22. The zero-order valence-corrected chi connectivity index (χ0v) is 19.1. The van der Waals surface area contributed by atoms with Gasteiger partial charge in [-0.25, -0.2) is 4.99 Å². The lowest BCUT2D eigenvalue weighted by molar-refractivity contribution is -0.136. The van der Waals surface area contributed by atoms with E-state index >= 15 is 0 Å². The normalized spacial score (nSPS) is 15.4. The SMILES string of the molecule is CC(=O)Nc1ccc(-c2ccc(C=C3SC(=Nc4ccc(CC(=O)O)cc4)NC3=O)cc2)cc1. The molecule has 3 aromatic carbocycles. The Balaban J connectivity index is 1.43. The number of carbonyl (C=O) groups excluding carboxylic acids is 2. The summed E-state index contributed by atoms with van der Waals surface area (Å²) in [6.07, 6.45) is 1.76. The molecule has 8 heteroatoms. The van der Waals surface area contributed by atoms with Gasteiger partial charge in [-0.2, -0.15) is 0 Å². The zero-order chi connectivity index (χ0) is 24.1. The Hall–Kier alpha value is -4.17. The number of anilines is 1. The number of rotatable bonds is 6. The van der Waals surface area contributed by atoms with Crippen LogP contribution in [0.2, 0.25) is 0 Å². The van der Waals surface area contributed by atoms with Crippen molar-refractivity contribution in [2.45, 2.75) is 13.3 Å². The molecule has 0 aliphatic carbocycles. The molecule has 34 heavy (non-hydrogen) atoms. The van der Waals surface area contributed by atoms with Crippen molar-refractivity contribution in [3.63, 3.8) is 0 Å². The Kier molecular flexibility index (Phi) is 6.89. The fourth-order valence-corrected chi connectivity index (χ4v) is 4.17. The van der Waals surface area contributed by atoms with Crippen molar-refractivity contribution in [2.75, 3.05) is 5.32 Å². The van der Waals surface area contributed by atoms with Crippen LogP contribution in [-0.4, -0.2) is 28.1 Å². The van der Waals surface area contributed by atoms with Crippen molar-refractivity contribution in [3.05, 3.63) is 88.8 Å². The second kappa shape index (κ2) is 10.2. The highest BCUT2D eigenvalue weighted by Crippen LogP contribution is 2.29. The van der Waals surface area contributed by atoms with Gasteiger partial charge in [-0.1, -0.05) is 48.5 Å². The second-order valence-corrected chi connectivity index (χ2v) is 8.63. The molecule has 3 aromatic rings. The largest absolute Gasteiger partial charge is 0.481 e. The van der Waals surface area contributed by atoms with E-state index in [0.29, 0.717) is 21.3 Å². The maximum absolute atomic E-state index is 12.4. The molecule has 1 heterocycles. The molecule has 4 rings (SSSR count). The number of nitrogens with zero attached hydrogens (tertiary/aromatic N) is 1. The minimum atomic E-state index is -0.889. The van der Waals surface area contributed by atoms with Crippen LogP contribution in [0.5, 0.6) is 0 Å². The molecular formula is C26H21N3O4S. The van der Waals surface area contributed by atoms with E-state index in [9.17, 15) is 14.4 Å². The number of hydrogen-bond acceptors (Lipinski definition) is 5. The highest BCUT2D eigenvalue weighted by molar-refractivity contribution is 8.18. The average Bonchev–Trinajstić information content (AvgIpc) is 3.14. The summed E-state index contributed by atoms with van der Waals surface area (Å²) < 4.78 is 0. The third-order valence-corrected chi connectivity index (χ3v) is 5.83. The second-order valence-electron chi connectivity index (χ2n) is 7.60. The first kappa shape index (κ1) is 23.0. The molecule has 1 saturated heterocycles. The van der Waals surface area contributed by atoms with Gasteiger partial charge in [0.2, 0.25) is 5.91 Å². The molecule has 7 nitrogen and oxygen atoms in total. The van der Waals surface area contributed by atoms with Crippen LogP contribution >= 0.6 is 11.8 Å². The number of nitrogens with one attached hydrogen (secondary N) is 2. The number of thioether (sulfide) groups is 1. The summed E-state index contributed by atoms with van der Waals surface area (Å²) in [6.45, 7) is 1.47. The van der Waals surface area contributed by atoms with E-state index in [1.807, 2.05) is 54.6 Å². The van der Waals surface area contributed by atoms with Gasteiger partial charge in [0.25, 0.3) is 5.91 Å². The predicted octanol–water partition coefficient (Wildman–Crippen LogP) is 4.83. The van der Waals surface area contributed by atoms with E-state index < -0.39 is 5.97 Å². The quantitative estimate of drug-likeness (QED) is 0.446. The van der Waals surface area contributed by atoms with Gasteiger partial charge in [-0.05, 0) is 64.4 Å². The Morgan fingerprint density at radius 2 is 1.59 bits per heavy atom. The maximum atomic E-state index is 12.4. The van der Waals surface area contributed by atoms with Gasteiger partial charge in [-0.15, -0.1) is 0 Å². The molecule has 1 aliphatic heterocycles. The van der Waals surface area contributed by atoms with E-state index in [4.69, 9.17) is 5.11 Å². The van der Waals surface area contributed by atoms with E-state index in [1.165, 1.54) is 18.7 Å². The molecule has 0 spiro atoms. The summed E-state index contributed by atoms with van der Waals surface area (Å²) in [6, 6.07) is 22.3. The monoisotopic (exact) mass is 471 g/mol. The summed E-state index contributed by atoms with van der Waals surface area (Å²) in [5.41, 5.74) is 4.99. The molecule has 2 amide bonds. The molecule has 0 unspecified atom stereocenters. The summed E-state index contributed by atoms with van der Waals surface area (Å²) >= 11 is 1.25.